The highest BCUT2D eigenvalue weighted by Gasteiger charge is 2.27. The summed E-state index contributed by atoms with van der Waals surface area (Å²) < 4.78 is 23.9. The Morgan fingerprint density at radius 3 is 2.50 bits per heavy atom. The molecule has 1 saturated heterocycles. The first-order valence-corrected chi connectivity index (χ1v) is 9.82. The van der Waals surface area contributed by atoms with Gasteiger partial charge < -0.3 is 19.7 Å². The number of benzene rings is 2. The van der Waals surface area contributed by atoms with Gasteiger partial charge in [-0.25, -0.2) is 4.39 Å². The van der Waals surface area contributed by atoms with Crippen molar-refractivity contribution in [2.75, 3.05) is 40.0 Å². The van der Waals surface area contributed by atoms with Crippen LogP contribution >= 0.6 is 0 Å². The van der Waals surface area contributed by atoms with Crippen LogP contribution in [0.25, 0.3) is 6.08 Å². The van der Waals surface area contributed by atoms with Crippen LogP contribution in [-0.4, -0.2) is 45.9 Å². The van der Waals surface area contributed by atoms with Crippen molar-refractivity contribution >= 4 is 12.0 Å². The standard InChI is InChI=1S/C23H24FN3O3/c1-29-21-8-2-17(3-9-21)14-19(15-25)23(28)26-16-22(27-10-12-30-13-11-27)18-4-6-20(24)7-5-18/h2-9,14,22H,10-13,16H2,1H3,(H,26,28)/p+1/b19-14-/t22-/m1/s1. The topological polar surface area (TPSA) is 75.8 Å². The number of nitrogens with zero attached hydrogens (tertiary/aromatic N) is 1. The summed E-state index contributed by atoms with van der Waals surface area (Å²) in [6, 6.07) is 15.3. The maximum absolute atomic E-state index is 13.4. The van der Waals surface area contributed by atoms with E-state index >= 15 is 0 Å². The molecule has 1 amide bonds. The molecule has 1 heterocycles. The molecular weight excluding hydrogens is 385 g/mol. The van der Waals surface area contributed by atoms with E-state index in [4.69, 9.17) is 9.47 Å². The molecular formula is C23H25FN3O3+. The van der Waals surface area contributed by atoms with Crippen LogP contribution in [0, 0.1) is 17.1 Å². The molecule has 2 N–H and O–H groups in total. The second kappa shape index (κ2) is 10.5. The molecule has 2 aromatic carbocycles. The van der Waals surface area contributed by atoms with Crippen LogP contribution in [0.4, 0.5) is 4.39 Å². The Hall–Kier alpha value is -3.21. The van der Waals surface area contributed by atoms with Crippen LogP contribution in [0.3, 0.4) is 0 Å². The first-order chi connectivity index (χ1) is 14.6. The summed E-state index contributed by atoms with van der Waals surface area (Å²) in [5, 5.41) is 12.3. The number of quaternary nitrogens is 1. The fourth-order valence-corrected chi connectivity index (χ4v) is 3.48. The van der Waals surface area contributed by atoms with Gasteiger partial charge in [0.15, 0.2) is 0 Å². The Labute approximate surface area is 175 Å². The molecule has 3 rings (SSSR count). The molecule has 0 saturated carbocycles. The van der Waals surface area contributed by atoms with Crippen LogP contribution in [0.5, 0.6) is 5.75 Å². The van der Waals surface area contributed by atoms with Gasteiger partial charge in [-0.15, -0.1) is 0 Å². The lowest BCUT2D eigenvalue weighted by Crippen LogP contribution is -3.15. The minimum Gasteiger partial charge on any atom is -0.497 e. The lowest BCUT2D eigenvalue weighted by Gasteiger charge is -2.32. The molecule has 7 heteroatoms. The van der Waals surface area contributed by atoms with Crippen LogP contribution in [0.1, 0.15) is 17.2 Å². The first kappa shape index (κ1) is 21.5. The molecule has 30 heavy (non-hydrogen) atoms. The van der Waals surface area contributed by atoms with Crippen molar-refractivity contribution in [3.05, 3.63) is 71.0 Å². The minimum absolute atomic E-state index is 0.0231. The summed E-state index contributed by atoms with van der Waals surface area (Å²) in [6.07, 6.45) is 1.54. The second-order valence-corrected chi connectivity index (χ2v) is 7.03. The second-order valence-electron chi connectivity index (χ2n) is 7.03. The number of methoxy groups -OCH3 is 1. The number of morpholine rings is 1. The Morgan fingerprint density at radius 2 is 1.90 bits per heavy atom. The zero-order chi connectivity index (χ0) is 21.3. The van der Waals surface area contributed by atoms with E-state index in [9.17, 15) is 14.4 Å². The van der Waals surface area contributed by atoms with E-state index in [1.54, 1.807) is 49.6 Å². The lowest BCUT2D eigenvalue weighted by atomic mass is 10.0. The number of halogens is 1. The van der Waals surface area contributed by atoms with Gasteiger partial charge in [-0.1, -0.05) is 24.3 Å². The van der Waals surface area contributed by atoms with Crippen molar-refractivity contribution in [1.29, 1.82) is 5.26 Å². The van der Waals surface area contributed by atoms with Gasteiger partial charge in [0.2, 0.25) is 0 Å². The van der Waals surface area contributed by atoms with Gasteiger partial charge in [0, 0.05) is 5.56 Å². The third-order valence-electron chi connectivity index (χ3n) is 5.16. The lowest BCUT2D eigenvalue weighted by molar-refractivity contribution is -0.937. The van der Waals surface area contributed by atoms with Crippen LogP contribution in [0.15, 0.2) is 54.1 Å². The Bertz CT molecular complexity index is 914. The van der Waals surface area contributed by atoms with Crippen molar-refractivity contribution in [3.63, 3.8) is 0 Å². The van der Waals surface area contributed by atoms with Crippen molar-refractivity contribution in [3.8, 4) is 11.8 Å². The predicted octanol–water partition coefficient (Wildman–Crippen LogP) is 1.51. The summed E-state index contributed by atoms with van der Waals surface area (Å²) in [5.41, 5.74) is 1.69. The van der Waals surface area contributed by atoms with Gasteiger partial charge in [0.25, 0.3) is 5.91 Å². The van der Waals surface area contributed by atoms with E-state index in [2.05, 4.69) is 5.32 Å². The monoisotopic (exact) mass is 410 g/mol. The zero-order valence-electron chi connectivity index (χ0n) is 16.9. The molecule has 0 bridgehead atoms. The van der Waals surface area contributed by atoms with E-state index in [0.29, 0.717) is 25.5 Å². The van der Waals surface area contributed by atoms with Crippen molar-refractivity contribution < 1.29 is 23.6 Å². The SMILES string of the molecule is COc1ccc(/C=C(/C#N)C(=O)NC[C@H](c2ccc(F)cc2)[NH+]2CCOCC2)cc1. The number of ether oxygens (including phenoxy) is 2. The molecule has 2 aromatic rings. The quantitative estimate of drug-likeness (QED) is 0.536. The van der Waals surface area contributed by atoms with Gasteiger partial charge in [-0.2, -0.15) is 5.26 Å². The van der Waals surface area contributed by atoms with Gasteiger partial charge >= 0.3 is 0 Å². The van der Waals surface area contributed by atoms with Crippen LogP contribution in [0.2, 0.25) is 0 Å². The molecule has 0 aromatic heterocycles. The largest absolute Gasteiger partial charge is 0.497 e. The fourth-order valence-electron chi connectivity index (χ4n) is 3.48. The molecule has 1 aliphatic heterocycles. The highest BCUT2D eigenvalue weighted by atomic mass is 19.1. The number of nitriles is 1. The highest BCUT2D eigenvalue weighted by Crippen LogP contribution is 2.15. The smallest absolute Gasteiger partial charge is 0.262 e. The van der Waals surface area contributed by atoms with Crippen molar-refractivity contribution in [1.82, 2.24) is 5.32 Å². The molecule has 1 atom stereocenters. The van der Waals surface area contributed by atoms with Gasteiger partial charge in [0.05, 0.1) is 26.9 Å². The van der Waals surface area contributed by atoms with Crippen LogP contribution in [-0.2, 0) is 9.53 Å². The third-order valence-corrected chi connectivity index (χ3v) is 5.16. The average molecular weight is 410 g/mol. The zero-order valence-corrected chi connectivity index (χ0v) is 16.9. The summed E-state index contributed by atoms with van der Waals surface area (Å²) >= 11 is 0. The van der Waals surface area contributed by atoms with Crippen molar-refractivity contribution in [2.24, 2.45) is 0 Å². The summed E-state index contributed by atoms with van der Waals surface area (Å²) in [7, 11) is 1.58. The number of hydrogen-bond donors (Lipinski definition) is 2. The summed E-state index contributed by atoms with van der Waals surface area (Å²) in [4.78, 5) is 13.9. The minimum atomic E-state index is -0.437. The van der Waals surface area contributed by atoms with E-state index in [-0.39, 0.29) is 17.4 Å². The summed E-state index contributed by atoms with van der Waals surface area (Å²) in [5.74, 6) is -0.0356. The molecule has 6 nitrogen and oxygen atoms in total. The van der Waals surface area contributed by atoms with Crippen LogP contribution < -0.4 is 15.0 Å². The number of hydrogen-bond acceptors (Lipinski definition) is 4. The number of carbonyl (C=O) groups is 1. The fraction of sp³-hybridized carbons (Fsp3) is 0.304. The average Bonchev–Trinajstić information content (AvgIpc) is 2.79. The molecule has 1 fully saturated rings. The molecule has 0 radical (unpaired) electrons. The Morgan fingerprint density at radius 1 is 1.23 bits per heavy atom. The normalized spacial score (nSPS) is 15.8. The third kappa shape index (κ3) is 5.66. The number of carbonyl (C=O) groups excluding carboxylic acids is 1. The number of nitrogens with one attached hydrogen (secondary N) is 2. The molecule has 0 spiro atoms. The van der Waals surface area contributed by atoms with Gasteiger partial charge in [-0.05, 0) is 35.9 Å². The maximum atomic E-state index is 13.4. The van der Waals surface area contributed by atoms with Crippen molar-refractivity contribution in [2.45, 2.75) is 6.04 Å². The van der Waals surface area contributed by atoms with E-state index in [1.807, 2.05) is 6.07 Å². The van der Waals surface area contributed by atoms with Gasteiger partial charge in [0.1, 0.15) is 42.3 Å². The highest BCUT2D eigenvalue weighted by molar-refractivity contribution is 6.01. The predicted molar refractivity (Wildman–Crippen MR) is 110 cm³/mol. The number of amides is 1. The molecule has 1 aliphatic rings. The first-order valence-electron chi connectivity index (χ1n) is 9.82. The summed E-state index contributed by atoms with van der Waals surface area (Å²) in [6.45, 7) is 3.21. The molecule has 156 valence electrons. The molecule has 0 aliphatic carbocycles. The molecule has 0 unspecified atom stereocenters. The maximum Gasteiger partial charge on any atom is 0.262 e. The van der Waals surface area contributed by atoms with E-state index in [1.165, 1.54) is 17.0 Å². The van der Waals surface area contributed by atoms with E-state index < -0.39 is 5.91 Å². The Balaban J connectivity index is 1.72. The van der Waals surface area contributed by atoms with Gasteiger partial charge in [-0.3, -0.25) is 4.79 Å². The van der Waals surface area contributed by atoms with E-state index in [0.717, 1.165) is 24.2 Å². The Kier molecular flexibility index (Phi) is 7.55. The number of rotatable bonds is 7.